The van der Waals surface area contributed by atoms with Gasteiger partial charge in [-0.15, -0.1) is 0 Å². The summed E-state index contributed by atoms with van der Waals surface area (Å²) >= 11 is 3.31. The third-order valence-corrected chi connectivity index (χ3v) is 2.48. The molecule has 0 saturated carbocycles. The zero-order valence-electron chi connectivity index (χ0n) is 8.05. The Morgan fingerprint density at radius 1 is 1.31 bits per heavy atom. The molecule has 0 atom stereocenters. The molecular weight excluding hydrogens is 272 g/mol. The fourth-order valence-electron chi connectivity index (χ4n) is 1.28. The summed E-state index contributed by atoms with van der Waals surface area (Å²) in [5.74, 6) is 0. The number of non-ortho nitro benzene ring substituents is 1. The average Bonchev–Trinajstić information content (AvgIpc) is 2.29. The molecule has 1 aromatic carbocycles. The Bertz CT molecular complexity index is 526. The Kier molecular flexibility index (Phi) is 2.96. The number of benzene rings is 1. The van der Waals surface area contributed by atoms with E-state index in [2.05, 4.69) is 27.1 Å². The number of pyridine rings is 1. The first-order valence-electron chi connectivity index (χ1n) is 4.45. The van der Waals surface area contributed by atoms with Gasteiger partial charge in [-0.05, 0) is 39.7 Å². The van der Waals surface area contributed by atoms with Gasteiger partial charge < -0.3 is 0 Å². The molecule has 16 heavy (non-hydrogen) atoms. The molecular formula is C11H6BrN2O2. The number of nitrogens with zero attached hydrogens (tertiary/aromatic N) is 2. The van der Waals surface area contributed by atoms with Crippen LogP contribution in [0.1, 0.15) is 0 Å². The first-order chi connectivity index (χ1) is 7.66. The minimum atomic E-state index is -0.424. The largest absolute Gasteiger partial charge is 0.269 e. The molecule has 4 nitrogen and oxygen atoms in total. The summed E-state index contributed by atoms with van der Waals surface area (Å²) in [5, 5.41) is 10.5. The normalized spacial score (nSPS) is 10.1. The SMILES string of the molecule is O=[N+]([O-])c1ccc(-c2[c]ncc(Br)c2)cc1. The lowest BCUT2D eigenvalue weighted by Crippen LogP contribution is -1.87. The number of nitro groups is 1. The van der Waals surface area contributed by atoms with Crippen LogP contribution in [0.15, 0.2) is 41.0 Å². The predicted octanol–water partition coefficient (Wildman–Crippen LogP) is 3.22. The quantitative estimate of drug-likeness (QED) is 0.626. The van der Waals surface area contributed by atoms with Crippen molar-refractivity contribution < 1.29 is 4.92 Å². The minimum absolute atomic E-state index is 0.0757. The summed E-state index contributed by atoms with van der Waals surface area (Å²) in [6, 6.07) is 8.14. The smallest absolute Gasteiger partial charge is 0.258 e. The van der Waals surface area contributed by atoms with Gasteiger partial charge >= 0.3 is 0 Å². The molecule has 0 N–H and O–H groups in total. The predicted molar refractivity (Wildman–Crippen MR) is 62.9 cm³/mol. The molecule has 0 amide bonds. The molecule has 0 spiro atoms. The minimum Gasteiger partial charge on any atom is -0.258 e. The third kappa shape index (κ3) is 2.25. The summed E-state index contributed by atoms with van der Waals surface area (Å²) < 4.78 is 0.847. The van der Waals surface area contributed by atoms with Crippen molar-refractivity contribution in [2.45, 2.75) is 0 Å². The van der Waals surface area contributed by atoms with Crippen molar-refractivity contribution in [3.05, 3.63) is 57.3 Å². The van der Waals surface area contributed by atoms with Crippen molar-refractivity contribution in [3.63, 3.8) is 0 Å². The van der Waals surface area contributed by atoms with E-state index in [1.165, 1.54) is 12.1 Å². The van der Waals surface area contributed by atoms with Gasteiger partial charge in [-0.1, -0.05) is 0 Å². The van der Waals surface area contributed by atoms with Crippen LogP contribution in [-0.2, 0) is 0 Å². The Labute approximate surface area is 100 Å². The van der Waals surface area contributed by atoms with Gasteiger partial charge in [0.2, 0.25) is 0 Å². The number of hydrogen-bond donors (Lipinski definition) is 0. The highest BCUT2D eigenvalue weighted by Crippen LogP contribution is 2.23. The fourth-order valence-corrected chi connectivity index (χ4v) is 1.61. The van der Waals surface area contributed by atoms with E-state index >= 15 is 0 Å². The lowest BCUT2D eigenvalue weighted by Gasteiger charge is -2.00. The highest BCUT2D eigenvalue weighted by atomic mass is 79.9. The van der Waals surface area contributed by atoms with Gasteiger partial charge in [0.15, 0.2) is 0 Å². The maximum absolute atomic E-state index is 10.5. The van der Waals surface area contributed by atoms with Crippen LogP contribution < -0.4 is 0 Å². The molecule has 1 radical (unpaired) electrons. The number of rotatable bonds is 2. The van der Waals surface area contributed by atoms with E-state index in [9.17, 15) is 10.1 Å². The zero-order valence-corrected chi connectivity index (χ0v) is 9.64. The van der Waals surface area contributed by atoms with Gasteiger partial charge in [-0.2, -0.15) is 0 Å². The van der Waals surface area contributed by atoms with Crippen LogP contribution >= 0.6 is 15.9 Å². The second-order valence-electron chi connectivity index (χ2n) is 3.12. The maximum atomic E-state index is 10.5. The second kappa shape index (κ2) is 4.40. The molecule has 0 saturated heterocycles. The van der Waals surface area contributed by atoms with Gasteiger partial charge in [0.05, 0.1) is 11.1 Å². The fraction of sp³-hybridized carbons (Fsp3) is 0. The number of aromatic nitrogens is 1. The summed E-state index contributed by atoms with van der Waals surface area (Å²) in [4.78, 5) is 14.0. The van der Waals surface area contributed by atoms with E-state index in [1.807, 2.05) is 6.07 Å². The van der Waals surface area contributed by atoms with Crippen LogP contribution in [-0.4, -0.2) is 9.91 Å². The van der Waals surface area contributed by atoms with Gasteiger partial charge in [0.25, 0.3) is 5.69 Å². The van der Waals surface area contributed by atoms with E-state index in [-0.39, 0.29) is 5.69 Å². The Morgan fingerprint density at radius 3 is 2.56 bits per heavy atom. The van der Waals surface area contributed by atoms with E-state index in [1.54, 1.807) is 18.3 Å². The summed E-state index contributed by atoms with van der Waals surface area (Å²) in [6.45, 7) is 0. The maximum Gasteiger partial charge on any atom is 0.269 e. The number of hydrogen-bond acceptors (Lipinski definition) is 3. The van der Waals surface area contributed by atoms with E-state index in [4.69, 9.17) is 0 Å². The van der Waals surface area contributed by atoms with E-state index in [0.717, 1.165) is 15.6 Å². The van der Waals surface area contributed by atoms with Crippen LogP contribution in [0.4, 0.5) is 5.69 Å². The highest BCUT2D eigenvalue weighted by molar-refractivity contribution is 9.10. The Morgan fingerprint density at radius 2 is 2.00 bits per heavy atom. The molecule has 1 aromatic heterocycles. The number of nitro benzene ring substituents is 1. The van der Waals surface area contributed by atoms with E-state index < -0.39 is 4.92 Å². The zero-order chi connectivity index (χ0) is 11.5. The van der Waals surface area contributed by atoms with Crippen molar-refractivity contribution in [1.29, 1.82) is 0 Å². The highest BCUT2D eigenvalue weighted by Gasteiger charge is 2.05. The van der Waals surface area contributed by atoms with Gasteiger partial charge in [0, 0.05) is 28.4 Å². The molecule has 2 aromatic rings. The topological polar surface area (TPSA) is 56.0 Å². The average molecular weight is 278 g/mol. The van der Waals surface area contributed by atoms with Gasteiger partial charge in [-0.25, -0.2) is 0 Å². The molecule has 0 aliphatic carbocycles. The van der Waals surface area contributed by atoms with Crippen LogP contribution in [0.25, 0.3) is 11.1 Å². The Hall–Kier alpha value is -1.75. The Balaban J connectivity index is 2.38. The van der Waals surface area contributed by atoms with Crippen LogP contribution in [0.2, 0.25) is 0 Å². The van der Waals surface area contributed by atoms with Crippen LogP contribution in [0.5, 0.6) is 0 Å². The summed E-state index contributed by atoms with van der Waals surface area (Å²) in [7, 11) is 0. The first-order valence-corrected chi connectivity index (χ1v) is 5.24. The molecule has 1 heterocycles. The van der Waals surface area contributed by atoms with Crippen molar-refractivity contribution >= 4 is 21.6 Å². The standard InChI is InChI=1S/C11H6BrN2O2/c12-10-5-9(6-13-7-10)8-1-3-11(4-2-8)14(15)16/h1-5,7H. The van der Waals surface area contributed by atoms with Crippen molar-refractivity contribution in [2.24, 2.45) is 0 Å². The molecule has 0 bridgehead atoms. The summed E-state index contributed by atoms with van der Waals surface area (Å²) in [6.07, 6.45) is 4.46. The molecule has 0 aliphatic heterocycles. The molecule has 0 aliphatic rings. The molecule has 79 valence electrons. The lowest BCUT2D eigenvalue weighted by atomic mass is 10.1. The molecule has 0 unspecified atom stereocenters. The number of halogens is 1. The van der Waals surface area contributed by atoms with E-state index in [0.29, 0.717) is 0 Å². The monoisotopic (exact) mass is 277 g/mol. The molecule has 2 rings (SSSR count). The van der Waals surface area contributed by atoms with Crippen molar-refractivity contribution in [3.8, 4) is 11.1 Å². The molecule has 0 fully saturated rings. The lowest BCUT2D eigenvalue weighted by molar-refractivity contribution is -0.384. The second-order valence-corrected chi connectivity index (χ2v) is 4.03. The van der Waals surface area contributed by atoms with Crippen molar-refractivity contribution in [1.82, 2.24) is 4.98 Å². The van der Waals surface area contributed by atoms with Crippen LogP contribution in [0.3, 0.4) is 0 Å². The molecule has 5 heteroatoms. The summed E-state index contributed by atoms with van der Waals surface area (Å²) in [5.41, 5.74) is 1.72. The van der Waals surface area contributed by atoms with Crippen molar-refractivity contribution in [2.75, 3.05) is 0 Å². The van der Waals surface area contributed by atoms with Crippen LogP contribution in [0, 0.1) is 16.3 Å². The first kappa shape index (κ1) is 10.8. The van der Waals surface area contributed by atoms with Gasteiger partial charge in [-0.3, -0.25) is 15.1 Å². The van der Waals surface area contributed by atoms with Gasteiger partial charge in [0.1, 0.15) is 0 Å². The third-order valence-electron chi connectivity index (χ3n) is 2.04.